The summed E-state index contributed by atoms with van der Waals surface area (Å²) in [7, 11) is 0. The van der Waals surface area contributed by atoms with Crippen molar-refractivity contribution in [1.82, 2.24) is 9.97 Å². The Morgan fingerprint density at radius 1 is 1.06 bits per heavy atom. The fourth-order valence-corrected chi connectivity index (χ4v) is 1.36. The van der Waals surface area contributed by atoms with Gasteiger partial charge in [-0.1, -0.05) is 11.6 Å². The predicted molar refractivity (Wildman–Crippen MR) is 64.2 cm³/mol. The van der Waals surface area contributed by atoms with Crippen LogP contribution in [0, 0.1) is 0 Å². The van der Waals surface area contributed by atoms with Gasteiger partial charge in [-0.05, 0) is 24.3 Å². The zero-order valence-corrected chi connectivity index (χ0v) is 9.75. The Bertz CT molecular complexity index is 439. The maximum atomic E-state index is 5.97. The number of alkyl halides is 1. The summed E-state index contributed by atoms with van der Waals surface area (Å²) in [6.45, 7) is 0.238. The quantitative estimate of drug-likeness (QED) is 0.765. The van der Waals surface area contributed by atoms with Gasteiger partial charge in [-0.2, -0.15) is 0 Å². The lowest BCUT2D eigenvalue weighted by Gasteiger charge is -2.13. The molecule has 4 nitrogen and oxygen atoms in total. The molecule has 0 spiro atoms. The molecule has 2 heterocycles. The highest BCUT2D eigenvalue weighted by atomic mass is 35.5. The van der Waals surface area contributed by atoms with E-state index in [-0.39, 0.29) is 6.61 Å². The third-order valence-electron chi connectivity index (χ3n) is 1.91. The zero-order valence-electron chi connectivity index (χ0n) is 8.99. The van der Waals surface area contributed by atoms with Gasteiger partial charge in [0.15, 0.2) is 0 Å². The van der Waals surface area contributed by atoms with Crippen LogP contribution in [0.1, 0.15) is 0 Å². The van der Waals surface area contributed by atoms with Crippen molar-refractivity contribution >= 4 is 11.6 Å². The third kappa shape index (κ3) is 3.92. The summed E-state index contributed by atoms with van der Waals surface area (Å²) >= 11 is 5.97. The van der Waals surface area contributed by atoms with Gasteiger partial charge in [-0.15, -0.1) is 0 Å². The Balaban J connectivity index is 1.80. The normalized spacial score (nSPS) is 11.8. The minimum atomic E-state index is -0.570. The first kappa shape index (κ1) is 11.7. The Hall–Kier alpha value is -1.81. The maximum Gasteiger partial charge on any atom is 0.205 e. The first-order chi connectivity index (χ1) is 8.34. The number of hydrogen-bond donors (Lipinski definition) is 0. The molecule has 0 saturated carbocycles. The smallest absolute Gasteiger partial charge is 0.205 e. The van der Waals surface area contributed by atoms with Gasteiger partial charge in [0.2, 0.25) is 5.56 Å². The highest BCUT2D eigenvalue weighted by Gasteiger charge is 2.07. The first-order valence-corrected chi connectivity index (χ1v) is 5.52. The molecule has 0 fully saturated rings. The summed E-state index contributed by atoms with van der Waals surface area (Å²) in [5.41, 5.74) is -0.570. The summed E-state index contributed by atoms with van der Waals surface area (Å²) in [6, 6.07) is 7.16. The largest absolute Gasteiger partial charge is 0.487 e. The molecule has 2 aromatic heterocycles. The van der Waals surface area contributed by atoms with Crippen molar-refractivity contribution in [2.24, 2.45) is 0 Å². The molecule has 0 bridgehead atoms. The number of rotatable bonds is 5. The van der Waals surface area contributed by atoms with Crippen LogP contribution >= 0.6 is 11.6 Å². The lowest BCUT2D eigenvalue weighted by atomic mass is 10.4. The van der Waals surface area contributed by atoms with Crippen molar-refractivity contribution in [3.63, 3.8) is 0 Å². The molecule has 0 aromatic carbocycles. The van der Waals surface area contributed by atoms with Crippen molar-refractivity contribution in [2.45, 2.75) is 5.56 Å². The fraction of sp³-hybridized carbons (Fsp3) is 0.167. The van der Waals surface area contributed by atoms with E-state index >= 15 is 0 Å². The van der Waals surface area contributed by atoms with Crippen LogP contribution in [0.4, 0.5) is 0 Å². The third-order valence-corrected chi connectivity index (χ3v) is 2.13. The number of halogens is 1. The number of pyridine rings is 2. The molecule has 0 radical (unpaired) electrons. The van der Waals surface area contributed by atoms with Gasteiger partial charge >= 0.3 is 0 Å². The molecule has 2 aromatic rings. The van der Waals surface area contributed by atoms with E-state index in [1.54, 1.807) is 49.1 Å². The van der Waals surface area contributed by atoms with Crippen LogP contribution in [-0.4, -0.2) is 22.1 Å². The SMILES string of the molecule is ClC(COc1cccnc1)Oc1cccnc1. The molecule has 17 heavy (non-hydrogen) atoms. The van der Waals surface area contributed by atoms with Crippen LogP contribution in [0.15, 0.2) is 49.1 Å². The van der Waals surface area contributed by atoms with Crippen molar-refractivity contribution in [1.29, 1.82) is 0 Å². The van der Waals surface area contributed by atoms with Crippen LogP contribution in [-0.2, 0) is 0 Å². The van der Waals surface area contributed by atoms with Crippen LogP contribution in [0.5, 0.6) is 11.5 Å². The van der Waals surface area contributed by atoms with Crippen molar-refractivity contribution in [3.8, 4) is 11.5 Å². The van der Waals surface area contributed by atoms with Crippen LogP contribution < -0.4 is 9.47 Å². The maximum absolute atomic E-state index is 5.97. The first-order valence-electron chi connectivity index (χ1n) is 5.08. The molecule has 1 unspecified atom stereocenters. The predicted octanol–water partition coefficient (Wildman–Crippen LogP) is 2.50. The number of hydrogen-bond acceptors (Lipinski definition) is 4. The van der Waals surface area contributed by atoms with E-state index in [4.69, 9.17) is 21.1 Å². The molecule has 5 heteroatoms. The van der Waals surface area contributed by atoms with E-state index in [0.29, 0.717) is 11.5 Å². The molecule has 88 valence electrons. The van der Waals surface area contributed by atoms with Gasteiger partial charge in [0, 0.05) is 12.4 Å². The van der Waals surface area contributed by atoms with Gasteiger partial charge in [-0.25, -0.2) is 0 Å². The Morgan fingerprint density at radius 3 is 2.29 bits per heavy atom. The van der Waals surface area contributed by atoms with Crippen molar-refractivity contribution in [2.75, 3.05) is 6.61 Å². The number of ether oxygens (including phenoxy) is 2. The van der Waals surface area contributed by atoms with Crippen molar-refractivity contribution in [3.05, 3.63) is 49.1 Å². The Labute approximate surface area is 104 Å². The standard InChI is InChI=1S/C12H11ClN2O2/c13-12(17-11-4-2-6-15-8-11)9-16-10-3-1-5-14-7-10/h1-8,12H,9H2. The van der Waals surface area contributed by atoms with Crippen LogP contribution in [0.25, 0.3) is 0 Å². The van der Waals surface area contributed by atoms with Crippen LogP contribution in [0.3, 0.4) is 0 Å². The second-order valence-electron chi connectivity index (χ2n) is 3.22. The summed E-state index contributed by atoms with van der Waals surface area (Å²) in [6.07, 6.45) is 6.56. The fourth-order valence-electron chi connectivity index (χ4n) is 1.19. The van der Waals surface area contributed by atoms with Gasteiger partial charge in [-0.3, -0.25) is 9.97 Å². The van der Waals surface area contributed by atoms with Gasteiger partial charge in [0.05, 0.1) is 12.4 Å². The van der Waals surface area contributed by atoms with E-state index < -0.39 is 5.56 Å². The number of aromatic nitrogens is 2. The monoisotopic (exact) mass is 250 g/mol. The molecular formula is C12H11ClN2O2. The molecule has 0 N–H and O–H groups in total. The Kier molecular flexibility index (Phi) is 4.16. The minimum Gasteiger partial charge on any atom is -0.487 e. The average Bonchev–Trinajstić information content (AvgIpc) is 2.39. The highest BCUT2D eigenvalue weighted by molar-refractivity contribution is 6.20. The average molecular weight is 251 g/mol. The van der Waals surface area contributed by atoms with Gasteiger partial charge in [0.25, 0.3) is 0 Å². The molecule has 0 aliphatic carbocycles. The highest BCUT2D eigenvalue weighted by Crippen LogP contribution is 2.13. The van der Waals surface area contributed by atoms with E-state index in [1.165, 1.54) is 0 Å². The molecule has 0 aliphatic heterocycles. The molecular weight excluding hydrogens is 240 g/mol. The van der Waals surface area contributed by atoms with Crippen LogP contribution in [0.2, 0.25) is 0 Å². The van der Waals surface area contributed by atoms with E-state index in [9.17, 15) is 0 Å². The summed E-state index contributed by atoms with van der Waals surface area (Å²) in [5, 5.41) is 0. The number of nitrogens with zero attached hydrogens (tertiary/aromatic N) is 2. The Morgan fingerprint density at radius 2 is 1.71 bits per heavy atom. The van der Waals surface area contributed by atoms with E-state index in [1.807, 2.05) is 0 Å². The van der Waals surface area contributed by atoms with E-state index in [2.05, 4.69) is 9.97 Å². The summed E-state index contributed by atoms with van der Waals surface area (Å²) in [5.74, 6) is 1.27. The van der Waals surface area contributed by atoms with Gasteiger partial charge < -0.3 is 9.47 Å². The van der Waals surface area contributed by atoms with Gasteiger partial charge in [0.1, 0.15) is 18.1 Å². The molecule has 0 amide bonds. The lowest BCUT2D eigenvalue weighted by Crippen LogP contribution is -2.18. The minimum absolute atomic E-state index is 0.238. The molecule has 1 atom stereocenters. The van der Waals surface area contributed by atoms with E-state index in [0.717, 1.165) is 0 Å². The lowest BCUT2D eigenvalue weighted by molar-refractivity contribution is 0.186. The molecule has 0 aliphatic rings. The summed E-state index contributed by atoms with van der Waals surface area (Å²) < 4.78 is 10.8. The molecule has 2 rings (SSSR count). The second kappa shape index (κ2) is 6.06. The summed E-state index contributed by atoms with van der Waals surface area (Å²) in [4.78, 5) is 7.85. The van der Waals surface area contributed by atoms with Crippen molar-refractivity contribution < 1.29 is 9.47 Å². The second-order valence-corrected chi connectivity index (χ2v) is 3.70. The zero-order chi connectivity index (χ0) is 11.9. The topological polar surface area (TPSA) is 44.2 Å². The molecule has 0 saturated heterocycles.